The number of nitrogens with zero attached hydrogens (tertiary/aromatic N) is 1. The highest BCUT2D eigenvalue weighted by Gasteiger charge is 2.34. The standard InChI is InChI=1S/C26H35N3O6S/c1-17(2)24(26(31)27-22-11-8-20(34-4)16-23(22)35-5)28-25(30)19-12-14-29(15-13-19)36(32,33)21-9-6-18(3)7-10-21/h6-11,16-17,19,24H,12-15H2,1-5H3,(H,27,31)(H,28,30)/t24-/m1/s1. The summed E-state index contributed by atoms with van der Waals surface area (Å²) in [6.45, 7) is 6.10. The number of anilines is 1. The van der Waals surface area contributed by atoms with E-state index in [2.05, 4.69) is 10.6 Å². The molecule has 1 saturated heterocycles. The van der Waals surface area contributed by atoms with Crippen molar-refractivity contribution >= 4 is 27.5 Å². The molecule has 0 spiro atoms. The maximum atomic E-state index is 13.1. The number of hydrogen-bond acceptors (Lipinski definition) is 6. The van der Waals surface area contributed by atoms with Crippen LogP contribution in [0.4, 0.5) is 5.69 Å². The molecule has 2 N–H and O–H groups in total. The number of sulfonamides is 1. The van der Waals surface area contributed by atoms with Crippen LogP contribution in [0.15, 0.2) is 47.4 Å². The molecule has 1 aliphatic rings. The zero-order valence-electron chi connectivity index (χ0n) is 21.4. The average molecular weight is 518 g/mol. The van der Waals surface area contributed by atoms with Crippen molar-refractivity contribution in [2.45, 2.75) is 44.6 Å². The Kier molecular flexibility index (Phi) is 8.97. The van der Waals surface area contributed by atoms with Crippen molar-refractivity contribution in [1.82, 2.24) is 9.62 Å². The number of aryl methyl sites for hydroxylation is 1. The first kappa shape index (κ1) is 27.5. The predicted molar refractivity (Wildman–Crippen MR) is 138 cm³/mol. The maximum Gasteiger partial charge on any atom is 0.247 e. The molecule has 36 heavy (non-hydrogen) atoms. The van der Waals surface area contributed by atoms with Gasteiger partial charge in [0.1, 0.15) is 17.5 Å². The summed E-state index contributed by atoms with van der Waals surface area (Å²) < 4.78 is 37.9. The molecule has 2 aromatic carbocycles. The van der Waals surface area contributed by atoms with Gasteiger partial charge in [-0.05, 0) is 49.9 Å². The zero-order chi connectivity index (χ0) is 26.5. The molecule has 1 atom stereocenters. The van der Waals surface area contributed by atoms with E-state index in [1.807, 2.05) is 20.8 Å². The minimum atomic E-state index is -3.61. The van der Waals surface area contributed by atoms with Crippen LogP contribution < -0.4 is 20.1 Å². The Hall–Kier alpha value is -3.11. The van der Waals surface area contributed by atoms with Crippen molar-refractivity contribution in [2.75, 3.05) is 32.6 Å². The van der Waals surface area contributed by atoms with Gasteiger partial charge >= 0.3 is 0 Å². The van der Waals surface area contributed by atoms with Crippen molar-refractivity contribution in [2.24, 2.45) is 11.8 Å². The third-order valence-electron chi connectivity index (χ3n) is 6.40. The summed E-state index contributed by atoms with van der Waals surface area (Å²) >= 11 is 0. The second-order valence-electron chi connectivity index (χ2n) is 9.28. The van der Waals surface area contributed by atoms with Crippen molar-refractivity contribution in [3.05, 3.63) is 48.0 Å². The van der Waals surface area contributed by atoms with E-state index in [0.717, 1.165) is 5.56 Å². The Labute approximate surface area is 213 Å². The van der Waals surface area contributed by atoms with Crippen LogP contribution in [0.25, 0.3) is 0 Å². The normalized spacial score (nSPS) is 15.8. The number of benzene rings is 2. The van der Waals surface area contributed by atoms with Gasteiger partial charge in [-0.15, -0.1) is 0 Å². The van der Waals surface area contributed by atoms with E-state index in [1.165, 1.54) is 11.4 Å². The molecule has 1 fully saturated rings. The molecule has 0 unspecified atom stereocenters. The maximum absolute atomic E-state index is 13.1. The molecule has 196 valence electrons. The first-order valence-corrected chi connectivity index (χ1v) is 13.4. The lowest BCUT2D eigenvalue weighted by atomic mass is 9.95. The van der Waals surface area contributed by atoms with Gasteiger partial charge in [0, 0.05) is 25.1 Å². The largest absolute Gasteiger partial charge is 0.497 e. The monoisotopic (exact) mass is 517 g/mol. The summed E-state index contributed by atoms with van der Waals surface area (Å²) in [7, 11) is -0.568. The van der Waals surface area contributed by atoms with Crippen LogP contribution in [0.2, 0.25) is 0 Å². The number of piperidine rings is 1. The van der Waals surface area contributed by atoms with Gasteiger partial charge in [0.15, 0.2) is 0 Å². The number of hydrogen-bond donors (Lipinski definition) is 2. The minimum Gasteiger partial charge on any atom is -0.497 e. The minimum absolute atomic E-state index is 0.166. The van der Waals surface area contributed by atoms with Crippen LogP contribution in [0.1, 0.15) is 32.3 Å². The Morgan fingerprint density at radius 2 is 1.64 bits per heavy atom. The molecule has 0 saturated carbocycles. The molecule has 1 aliphatic heterocycles. The summed E-state index contributed by atoms with van der Waals surface area (Å²) in [5, 5.41) is 5.70. The van der Waals surface area contributed by atoms with Crippen molar-refractivity contribution in [3.63, 3.8) is 0 Å². The molecule has 0 radical (unpaired) electrons. The van der Waals surface area contributed by atoms with Gasteiger partial charge in [-0.3, -0.25) is 9.59 Å². The lowest BCUT2D eigenvalue weighted by molar-refractivity contribution is -0.130. The molecular weight excluding hydrogens is 482 g/mol. The van der Waals surface area contributed by atoms with Crippen LogP contribution >= 0.6 is 0 Å². The van der Waals surface area contributed by atoms with Crippen LogP contribution in [-0.4, -0.2) is 57.9 Å². The number of amides is 2. The van der Waals surface area contributed by atoms with Crippen LogP contribution in [0.5, 0.6) is 11.5 Å². The lowest BCUT2D eigenvalue weighted by Gasteiger charge is -2.32. The predicted octanol–water partition coefficient (Wildman–Crippen LogP) is 3.19. The topological polar surface area (TPSA) is 114 Å². The second-order valence-corrected chi connectivity index (χ2v) is 11.2. The third kappa shape index (κ3) is 6.36. The van der Waals surface area contributed by atoms with Crippen molar-refractivity contribution < 1.29 is 27.5 Å². The van der Waals surface area contributed by atoms with E-state index < -0.39 is 16.1 Å². The highest BCUT2D eigenvalue weighted by Crippen LogP contribution is 2.29. The lowest BCUT2D eigenvalue weighted by Crippen LogP contribution is -2.50. The van der Waals surface area contributed by atoms with Gasteiger partial charge in [-0.25, -0.2) is 8.42 Å². The first-order chi connectivity index (χ1) is 17.1. The van der Waals surface area contributed by atoms with E-state index in [9.17, 15) is 18.0 Å². The number of nitrogens with one attached hydrogen (secondary N) is 2. The number of ether oxygens (including phenoxy) is 2. The zero-order valence-corrected chi connectivity index (χ0v) is 22.2. The molecule has 1 heterocycles. The molecule has 10 heteroatoms. The van der Waals surface area contributed by atoms with Crippen LogP contribution in [0, 0.1) is 18.8 Å². The molecule has 0 aliphatic carbocycles. The molecule has 0 bridgehead atoms. The Morgan fingerprint density at radius 3 is 2.19 bits per heavy atom. The fourth-order valence-corrected chi connectivity index (χ4v) is 5.61. The van der Waals surface area contributed by atoms with E-state index in [-0.39, 0.29) is 41.6 Å². The molecule has 2 aromatic rings. The molecule has 3 rings (SSSR count). The number of rotatable bonds is 9. The van der Waals surface area contributed by atoms with E-state index in [0.29, 0.717) is 30.0 Å². The fraction of sp³-hybridized carbons (Fsp3) is 0.462. The molecule has 9 nitrogen and oxygen atoms in total. The molecule has 0 aromatic heterocycles. The van der Waals surface area contributed by atoms with E-state index >= 15 is 0 Å². The van der Waals surface area contributed by atoms with E-state index in [1.54, 1.807) is 49.6 Å². The Balaban J connectivity index is 1.62. The van der Waals surface area contributed by atoms with Gasteiger partial charge in [-0.1, -0.05) is 31.5 Å². The fourth-order valence-electron chi connectivity index (χ4n) is 4.14. The second kappa shape index (κ2) is 11.7. The van der Waals surface area contributed by atoms with Crippen molar-refractivity contribution in [3.8, 4) is 11.5 Å². The summed E-state index contributed by atoms with van der Waals surface area (Å²) in [4.78, 5) is 26.4. The number of carbonyl (C=O) groups is 2. The Morgan fingerprint density at radius 1 is 1.00 bits per heavy atom. The quantitative estimate of drug-likeness (QED) is 0.528. The van der Waals surface area contributed by atoms with E-state index in [4.69, 9.17) is 9.47 Å². The van der Waals surface area contributed by atoms with Crippen molar-refractivity contribution in [1.29, 1.82) is 0 Å². The third-order valence-corrected chi connectivity index (χ3v) is 8.31. The van der Waals surface area contributed by atoms with Gasteiger partial charge in [0.25, 0.3) is 0 Å². The summed E-state index contributed by atoms with van der Waals surface area (Å²) in [5.41, 5.74) is 1.45. The highest BCUT2D eigenvalue weighted by atomic mass is 32.2. The average Bonchev–Trinajstić information content (AvgIpc) is 2.87. The molecular formula is C26H35N3O6S. The van der Waals surface area contributed by atoms with Crippen LogP contribution in [-0.2, 0) is 19.6 Å². The van der Waals surface area contributed by atoms with Gasteiger partial charge in [0.05, 0.1) is 24.8 Å². The van der Waals surface area contributed by atoms with Crippen LogP contribution in [0.3, 0.4) is 0 Å². The van der Waals surface area contributed by atoms with Gasteiger partial charge < -0.3 is 20.1 Å². The Bertz CT molecular complexity index is 1170. The smallest absolute Gasteiger partial charge is 0.247 e. The summed E-state index contributed by atoms with van der Waals surface area (Å²) in [6, 6.07) is 11.0. The van der Waals surface area contributed by atoms with Gasteiger partial charge in [-0.2, -0.15) is 4.31 Å². The highest BCUT2D eigenvalue weighted by molar-refractivity contribution is 7.89. The van der Waals surface area contributed by atoms with Gasteiger partial charge in [0.2, 0.25) is 21.8 Å². The first-order valence-electron chi connectivity index (χ1n) is 12.0. The number of methoxy groups -OCH3 is 2. The molecule has 2 amide bonds. The summed E-state index contributed by atoms with van der Waals surface area (Å²) in [5.74, 6) is -0.119. The summed E-state index contributed by atoms with van der Waals surface area (Å²) in [6.07, 6.45) is 0.769. The SMILES string of the molecule is COc1ccc(NC(=O)[C@H](NC(=O)C2CCN(S(=O)(=O)c3ccc(C)cc3)CC2)C(C)C)c(OC)c1. The number of carbonyl (C=O) groups excluding carboxylic acids is 2.